The largest absolute Gasteiger partial charge is 0.207 e. The van der Waals surface area contributed by atoms with Crippen LogP contribution in [0.4, 0.5) is 8.78 Å². The number of benzene rings is 1. The zero-order valence-electron chi connectivity index (χ0n) is 7.77. The average Bonchev–Trinajstić information content (AvgIpc) is 2.12. The van der Waals surface area contributed by atoms with E-state index in [0.717, 1.165) is 6.07 Å². The molecule has 0 aliphatic rings. The van der Waals surface area contributed by atoms with Gasteiger partial charge in [0.25, 0.3) is 0 Å². The van der Waals surface area contributed by atoms with Crippen LogP contribution in [0.5, 0.6) is 0 Å². The molecule has 1 rings (SSSR count). The van der Waals surface area contributed by atoms with Gasteiger partial charge in [-0.05, 0) is 31.0 Å². The molecule has 0 aliphatic carbocycles. The van der Waals surface area contributed by atoms with Crippen molar-refractivity contribution in [3.63, 3.8) is 0 Å². The first-order valence-corrected chi connectivity index (χ1v) is 4.30. The summed E-state index contributed by atoms with van der Waals surface area (Å²) < 4.78 is 26.3. The van der Waals surface area contributed by atoms with Crippen molar-refractivity contribution in [2.24, 2.45) is 0 Å². The van der Waals surface area contributed by atoms with Crippen LogP contribution in [-0.2, 0) is 6.42 Å². The summed E-state index contributed by atoms with van der Waals surface area (Å²) in [6.45, 7) is 3.59. The highest BCUT2D eigenvalue weighted by atomic mass is 19.1. The number of allylic oxidation sites excluding steroid dienone is 1. The van der Waals surface area contributed by atoms with E-state index < -0.39 is 0 Å². The Balaban J connectivity index is 3.34. The van der Waals surface area contributed by atoms with Gasteiger partial charge in [0, 0.05) is 5.56 Å². The van der Waals surface area contributed by atoms with E-state index in [9.17, 15) is 8.78 Å². The van der Waals surface area contributed by atoms with Crippen LogP contribution in [0.2, 0.25) is 0 Å². The van der Waals surface area contributed by atoms with Gasteiger partial charge in [0.15, 0.2) is 0 Å². The molecule has 0 radical (unpaired) electrons. The highest BCUT2D eigenvalue weighted by Gasteiger charge is 2.08. The standard InChI is InChI=1S/C11H12F2/c1-3-5-9-8(4-2)10(12)6-7-11(9)13/h3,5-7H,4H2,1-2H3/b5-3-. The van der Waals surface area contributed by atoms with Crippen LogP contribution < -0.4 is 0 Å². The summed E-state index contributed by atoms with van der Waals surface area (Å²) >= 11 is 0. The van der Waals surface area contributed by atoms with Gasteiger partial charge in [0.2, 0.25) is 0 Å². The van der Waals surface area contributed by atoms with E-state index in [1.54, 1.807) is 19.1 Å². The zero-order valence-corrected chi connectivity index (χ0v) is 7.77. The Morgan fingerprint density at radius 3 is 2.38 bits per heavy atom. The fourth-order valence-electron chi connectivity index (χ4n) is 1.32. The highest BCUT2D eigenvalue weighted by molar-refractivity contribution is 5.54. The first-order valence-electron chi connectivity index (χ1n) is 4.30. The van der Waals surface area contributed by atoms with Crippen LogP contribution in [0.15, 0.2) is 18.2 Å². The third kappa shape index (κ3) is 1.94. The first-order chi connectivity index (χ1) is 6.20. The Morgan fingerprint density at radius 2 is 1.85 bits per heavy atom. The van der Waals surface area contributed by atoms with Gasteiger partial charge >= 0.3 is 0 Å². The van der Waals surface area contributed by atoms with Gasteiger partial charge in [0.1, 0.15) is 11.6 Å². The molecule has 2 heteroatoms. The van der Waals surface area contributed by atoms with E-state index in [2.05, 4.69) is 0 Å². The normalized spacial score (nSPS) is 11.1. The molecule has 13 heavy (non-hydrogen) atoms. The van der Waals surface area contributed by atoms with Crippen molar-refractivity contribution in [2.75, 3.05) is 0 Å². The lowest BCUT2D eigenvalue weighted by Gasteiger charge is -2.05. The summed E-state index contributed by atoms with van der Waals surface area (Å²) in [5, 5.41) is 0. The highest BCUT2D eigenvalue weighted by Crippen LogP contribution is 2.19. The van der Waals surface area contributed by atoms with Crippen LogP contribution in [0, 0.1) is 11.6 Å². The minimum atomic E-state index is -0.364. The molecule has 0 aromatic heterocycles. The zero-order chi connectivity index (χ0) is 9.84. The van der Waals surface area contributed by atoms with Gasteiger partial charge < -0.3 is 0 Å². The van der Waals surface area contributed by atoms with Crippen molar-refractivity contribution in [3.8, 4) is 0 Å². The summed E-state index contributed by atoms with van der Waals surface area (Å²) in [7, 11) is 0. The molecule has 0 fully saturated rings. The minimum absolute atomic E-state index is 0.336. The van der Waals surface area contributed by atoms with E-state index in [-0.39, 0.29) is 11.6 Å². The van der Waals surface area contributed by atoms with Crippen LogP contribution in [0.3, 0.4) is 0 Å². The van der Waals surface area contributed by atoms with E-state index >= 15 is 0 Å². The second-order valence-corrected chi connectivity index (χ2v) is 2.77. The molecule has 0 bridgehead atoms. The van der Waals surface area contributed by atoms with E-state index in [4.69, 9.17) is 0 Å². The van der Waals surface area contributed by atoms with Crippen LogP contribution in [-0.4, -0.2) is 0 Å². The number of hydrogen-bond acceptors (Lipinski definition) is 0. The molecule has 0 nitrogen and oxygen atoms in total. The molecule has 0 saturated carbocycles. The molecule has 70 valence electrons. The maximum atomic E-state index is 13.2. The van der Waals surface area contributed by atoms with Gasteiger partial charge in [-0.25, -0.2) is 8.78 Å². The molecule has 0 atom stereocenters. The van der Waals surface area contributed by atoms with Crippen molar-refractivity contribution >= 4 is 6.08 Å². The van der Waals surface area contributed by atoms with Gasteiger partial charge in [-0.3, -0.25) is 0 Å². The molecule has 0 amide bonds. The van der Waals surface area contributed by atoms with Crippen LogP contribution in [0.25, 0.3) is 6.08 Å². The summed E-state index contributed by atoms with van der Waals surface area (Å²) in [6, 6.07) is 2.32. The average molecular weight is 182 g/mol. The summed E-state index contributed by atoms with van der Waals surface area (Å²) in [5.41, 5.74) is 0.808. The first kappa shape index (κ1) is 9.90. The second-order valence-electron chi connectivity index (χ2n) is 2.77. The Kier molecular flexibility index (Phi) is 3.18. The lowest BCUT2D eigenvalue weighted by molar-refractivity contribution is 0.584. The Morgan fingerprint density at radius 1 is 1.23 bits per heavy atom. The SMILES string of the molecule is C/C=C\c1c(F)ccc(F)c1CC. The third-order valence-electron chi connectivity index (χ3n) is 1.93. The summed E-state index contributed by atoms with van der Waals surface area (Å²) in [4.78, 5) is 0. The number of halogens is 2. The van der Waals surface area contributed by atoms with Crippen LogP contribution >= 0.6 is 0 Å². The Bertz CT molecular complexity index is 327. The summed E-state index contributed by atoms with van der Waals surface area (Å²) in [5.74, 6) is -0.701. The Labute approximate surface area is 76.9 Å². The topological polar surface area (TPSA) is 0 Å². The predicted octanol–water partition coefficient (Wildman–Crippen LogP) is 3.56. The maximum absolute atomic E-state index is 13.2. The molecule has 0 heterocycles. The van der Waals surface area contributed by atoms with Crippen molar-refractivity contribution < 1.29 is 8.78 Å². The minimum Gasteiger partial charge on any atom is -0.207 e. The van der Waals surface area contributed by atoms with Crippen molar-refractivity contribution in [2.45, 2.75) is 20.3 Å². The maximum Gasteiger partial charge on any atom is 0.130 e. The smallest absolute Gasteiger partial charge is 0.130 e. The third-order valence-corrected chi connectivity index (χ3v) is 1.93. The van der Waals surface area contributed by atoms with Crippen molar-refractivity contribution in [1.29, 1.82) is 0 Å². The fraction of sp³-hybridized carbons (Fsp3) is 0.273. The molecule has 1 aromatic carbocycles. The van der Waals surface area contributed by atoms with Gasteiger partial charge in [-0.2, -0.15) is 0 Å². The molecule has 0 unspecified atom stereocenters. The predicted molar refractivity (Wildman–Crippen MR) is 50.4 cm³/mol. The van der Waals surface area contributed by atoms with Crippen molar-refractivity contribution in [1.82, 2.24) is 0 Å². The Hall–Kier alpha value is -1.18. The second kappa shape index (κ2) is 4.17. The molecule has 0 saturated heterocycles. The van der Waals surface area contributed by atoms with E-state index in [1.807, 2.05) is 6.92 Å². The molecule has 0 aliphatic heterocycles. The van der Waals surface area contributed by atoms with Crippen molar-refractivity contribution in [3.05, 3.63) is 41.0 Å². The van der Waals surface area contributed by atoms with E-state index in [0.29, 0.717) is 17.5 Å². The molecular formula is C11H12F2. The van der Waals surface area contributed by atoms with Gasteiger partial charge in [-0.1, -0.05) is 19.1 Å². The molecule has 0 N–H and O–H groups in total. The van der Waals surface area contributed by atoms with Crippen LogP contribution in [0.1, 0.15) is 25.0 Å². The van der Waals surface area contributed by atoms with E-state index in [1.165, 1.54) is 6.07 Å². The fourth-order valence-corrected chi connectivity index (χ4v) is 1.32. The van der Waals surface area contributed by atoms with Gasteiger partial charge in [0.05, 0.1) is 0 Å². The monoisotopic (exact) mass is 182 g/mol. The number of rotatable bonds is 2. The summed E-state index contributed by atoms with van der Waals surface area (Å²) in [6.07, 6.45) is 3.80. The van der Waals surface area contributed by atoms with Gasteiger partial charge in [-0.15, -0.1) is 0 Å². The molecule has 1 aromatic rings. The molecule has 0 spiro atoms. The molecular weight excluding hydrogens is 170 g/mol. The quantitative estimate of drug-likeness (QED) is 0.656. The lowest BCUT2D eigenvalue weighted by atomic mass is 10.0. The lowest BCUT2D eigenvalue weighted by Crippen LogP contribution is -1.95. The number of hydrogen-bond donors (Lipinski definition) is 0.